The average Bonchev–Trinajstić information content (AvgIpc) is 2.90. The number of nitriles is 1. The van der Waals surface area contributed by atoms with Gasteiger partial charge in [-0.2, -0.15) is 5.26 Å². The van der Waals surface area contributed by atoms with Crippen LogP contribution in [0.4, 0.5) is 0 Å². The largest absolute Gasteiger partial charge is 0.297 e. The molecule has 2 saturated heterocycles. The Hall–Kier alpha value is -0.920. The molecule has 0 amide bonds. The molecule has 0 spiro atoms. The van der Waals surface area contributed by atoms with Crippen molar-refractivity contribution in [1.82, 2.24) is 0 Å². The molecule has 0 N–H and O–H groups in total. The number of rotatable bonds is 7. The van der Waals surface area contributed by atoms with E-state index >= 15 is 0 Å². The molecule has 0 aliphatic carbocycles. The van der Waals surface area contributed by atoms with E-state index in [1.54, 1.807) is 0 Å². The fourth-order valence-electron chi connectivity index (χ4n) is 2.74. The van der Waals surface area contributed by atoms with E-state index in [9.17, 15) is 4.79 Å². The monoisotopic (exact) mass is 223 g/mol. The third-order valence-corrected chi connectivity index (χ3v) is 3.73. The highest BCUT2D eigenvalue weighted by atomic mass is 16.9. The summed E-state index contributed by atoms with van der Waals surface area (Å²) in [4.78, 5) is 16.5. The second-order valence-electron chi connectivity index (χ2n) is 4.74. The molecule has 2 rings (SSSR count). The standard InChI is InChI=1S/C12H19N2O2/c13-8-4-2-1-3-5-9-14-11(10-15)6-7-12(14)16-14/h10-12H,1-7,9H2/q+1/t11-,12?,14?/m1/s1. The lowest BCUT2D eigenvalue weighted by molar-refractivity contribution is -0.929. The lowest BCUT2D eigenvalue weighted by atomic mass is 10.1. The molecule has 0 saturated carbocycles. The summed E-state index contributed by atoms with van der Waals surface area (Å²) in [5, 5.41) is 8.40. The molecule has 88 valence electrons. The molecule has 2 aliphatic heterocycles. The van der Waals surface area contributed by atoms with Crippen molar-refractivity contribution >= 4 is 6.29 Å². The summed E-state index contributed by atoms with van der Waals surface area (Å²) in [6.45, 7) is 0.973. The lowest BCUT2D eigenvalue weighted by Gasteiger charge is -2.14. The number of quaternary nitrogens is 1. The maximum absolute atomic E-state index is 10.9. The molecular formula is C12H19N2O2+. The summed E-state index contributed by atoms with van der Waals surface area (Å²) in [7, 11) is 0. The number of hydroxylamine groups is 3. The fraction of sp³-hybridized carbons (Fsp3) is 0.833. The van der Waals surface area contributed by atoms with Gasteiger partial charge in [-0.1, -0.05) is 6.42 Å². The molecular weight excluding hydrogens is 204 g/mol. The number of unbranched alkanes of at least 4 members (excludes halogenated alkanes) is 4. The zero-order valence-corrected chi connectivity index (χ0v) is 9.60. The van der Waals surface area contributed by atoms with Crippen molar-refractivity contribution in [3.8, 4) is 6.07 Å². The fourth-order valence-corrected chi connectivity index (χ4v) is 2.74. The summed E-state index contributed by atoms with van der Waals surface area (Å²) in [6.07, 6.45) is 8.42. The first-order valence-electron chi connectivity index (χ1n) is 6.21. The topological polar surface area (TPSA) is 53.4 Å². The number of hydrogen-bond acceptors (Lipinski definition) is 3. The highest BCUT2D eigenvalue weighted by Gasteiger charge is 2.67. The first-order chi connectivity index (χ1) is 7.83. The van der Waals surface area contributed by atoms with Gasteiger partial charge in [0.15, 0.2) is 12.3 Å². The highest BCUT2D eigenvalue weighted by Crippen LogP contribution is 2.47. The van der Waals surface area contributed by atoms with Gasteiger partial charge in [0.1, 0.15) is 6.54 Å². The summed E-state index contributed by atoms with van der Waals surface area (Å²) in [6, 6.07) is 2.24. The normalized spacial score (nSPS) is 35.4. The van der Waals surface area contributed by atoms with Crippen LogP contribution in [0, 0.1) is 11.3 Å². The highest BCUT2D eigenvalue weighted by molar-refractivity contribution is 5.56. The molecule has 4 nitrogen and oxygen atoms in total. The molecule has 2 aliphatic rings. The van der Waals surface area contributed by atoms with E-state index in [2.05, 4.69) is 6.07 Å². The van der Waals surface area contributed by atoms with Crippen molar-refractivity contribution in [2.75, 3.05) is 6.54 Å². The Labute approximate surface area is 96.3 Å². The van der Waals surface area contributed by atoms with Crippen LogP contribution in [0.1, 0.15) is 44.9 Å². The van der Waals surface area contributed by atoms with Crippen LogP contribution in [0.2, 0.25) is 0 Å². The van der Waals surface area contributed by atoms with Gasteiger partial charge in [0.05, 0.1) is 6.07 Å². The average molecular weight is 223 g/mol. The molecule has 0 radical (unpaired) electrons. The van der Waals surface area contributed by atoms with E-state index in [1.807, 2.05) is 0 Å². The van der Waals surface area contributed by atoms with E-state index in [4.69, 9.17) is 10.1 Å². The van der Waals surface area contributed by atoms with Crippen LogP contribution in [0.5, 0.6) is 0 Å². The molecule has 2 fully saturated rings. The summed E-state index contributed by atoms with van der Waals surface area (Å²) < 4.78 is 0.613. The van der Waals surface area contributed by atoms with Crippen molar-refractivity contribution in [3.63, 3.8) is 0 Å². The Kier molecular flexibility index (Phi) is 3.57. The van der Waals surface area contributed by atoms with Gasteiger partial charge in [0, 0.05) is 19.3 Å². The van der Waals surface area contributed by atoms with Gasteiger partial charge in [-0.3, -0.25) is 4.79 Å². The van der Waals surface area contributed by atoms with Crippen molar-refractivity contribution in [2.45, 2.75) is 57.2 Å². The molecule has 2 unspecified atom stereocenters. The van der Waals surface area contributed by atoms with Gasteiger partial charge in [0.25, 0.3) is 6.23 Å². The minimum atomic E-state index is 0.0871. The van der Waals surface area contributed by atoms with Crippen LogP contribution >= 0.6 is 0 Å². The van der Waals surface area contributed by atoms with E-state index in [0.29, 0.717) is 17.3 Å². The van der Waals surface area contributed by atoms with Crippen LogP contribution < -0.4 is 0 Å². The van der Waals surface area contributed by atoms with E-state index < -0.39 is 0 Å². The summed E-state index contributed by atoms with van der Waals surface area (Å²) in [5.74, 6) is 0. The minimum Gasteiger partial charge on any atom is -0.297 e. The summed E-state index contributed by atoms with van der Waals surface area (Å²) >= 11 is 0. The van der Waals surface area contributed by atoms with Crippen molar-refractivity contribution in [2.24, 2.45) is 0 Å². The molecule has 2 heterocycles. The molecule has 0 aromatic rings. The van der Waals surface area contributed by atoms with Gasteiger partial charge in [-0.25, -0.2) is 0 Å². The maximum atomic E-state index is 10.9. The van der Waals surface area contributed by atoms with Crippen LogP contribution in [-0.4, -0.2) is 29.7 Å². The van der Waals surface area contributed by atoms with E-state index in [0.717, 1.165) is 51.4 Å². The van der Waals surface area contributed by atoms with Gasteiger partial charge < -0.3 is 0 Å². The lowest BCUT2D eigenvalue weighted by Crippen LogP contribution is -2.37. The smallest absolute Gasteiger partial charge is 0.275 e. The number of hydrogen-bond donors (Lipinski definition) is 0. The van der Waals surface area contributed by atoms with Gasteiger partial charge in [-0.05, 0) is 19.3 Å². The molecule has 4 heteroatoms. The predicted molar refractivity (Wildman–Crippen MR) is 57.8 cm³/mol. The number of aldehydes is 1. The zero-order chi connectivity index (χ0) is 11.4. The molecule has 0 bridgehead atoms. The molecule has 0 aromatic carbocycles. The third kappa shape index (κ3) is 2.11. The minimum absolute atomic E-state index is 0.0871. The maximum Gasteiger partial charge on any atom is 0.275 e. The number of fused-ring (bicyclic) bond motifs is 1. The van der Waals surface area contributed by atoms with Gasteiger partial charge in [0.2, 0.25) is 0 Å². The first-order valence-corrected chi connectivity index (χ1v) is 6.21. The quantitative estimate of drug-likeness (QED) is 0.287. The Morgan fingerprint density at radius 1 is 1.31 bits per heavy atom. The molecule has 16 heavy (non-hydrogen) atoms. The Balaban J connectivity index is 1.63. The van der Waals surface area contributed by atoms with E-state index in [1.165, 1.54) is 0 Å². The zero-order valence-electron chi connectivity index (χ0n) is 9.60. The Morgan fingerprint density at radius 3 is 2.81 bits per heavy atom. The second kappa shape index (κ2) is 4.94. The van der Waals surface area contributed by atoms with Crippen LogP contribution in [0.3, 0.4) is 0 Å². The number of nitrogens with zero attached hydrogens (tertiary/aromatic N) is 2. The van der Waals surface area contributed by atoms with Crippen molar-refractivity contribution < 1.29 is 14.3 Å². The SMILES string of the molecule is N#CCCCCCC[N+]12OC1CC[C@@H]2C=O. The van der Waals surface area contributed by atoms with Crippen molar-refractivity contribution in [1.29, 1.82) is 5.26 Å². The van der Waals surface area contributed by atoms with Crippen LogP contribution in [0.15, 0.2) is 0 Å². The van der Waals surface area contributed by atoms with Crippen LogP contribution in [-0.2, 0) is 9.63 Å². The molecule has 0 aromatic heterocycles. The number of carbonyl (C=O) groups is 1. The van der Waals surface area contributed by atoms with Gasteiger partial charge in [-0.15, -0.1) is 9.48 Å². The predicted octanol–water partition coefficient (Wildman–Crippen LogP) is 1.91. The van der Waals surface area contributed by atoms with E-state index in [-0.39, 0.29) is 6.04 Å². The first kappa shape index (κ1) is 11.6. The molecule has 3 atom stereocenters. The summed E-state index contributed by atoms with van der Waals surface area (Å²) in [5.41, 5.74) is 0. The Morgan fingerprint density at radius 2 is 2.12 bits per heavy atom. The van der Waals surface area contributed by atoms with Crippen LogP contribution in [0.25, 0.3) is 0 Å². The van der Waals surface area contributed by atoms with Gasteiger partial charge >= 0.3 is 0 Å². The van der Waals surface area contributed by atoms with Crippen molar-refractivity contribution in [3.05, 3.63) is 0 Å². The Bertz CT molecular complexity index is 300. The number of carbonyl (C=O) groups excluding carboxylic acids is 1. The third-order valence-electron chi connectivity index (χ3n) is 3.73. The second-order valence-corrected chi connectivity index (χ2v) is 4.74.